The van der Waals surface area contributed by atoms with Gasteiger partial charge in [-0.25, -0.2) is 10.8 Å². The fraction of sp³-hybridized carbons (Fsp3) is 0.444. The molecule has 14 heavy (non-hydrogen) atoms. The number of hydrazine groups is 1. The molecular weight excluding hydrogens is 180 g/mol. The Morgan fingerprint density at radius 2 is 2.21 bits per heavy atom. The third-order valence-electron chi connectivity index (χ3n) is 1.73. The molecule has 0 bridgehead atoms. The van der Waals surface area contributed by atoms with Crippen molar-refractivity contribution in [3.8, 4) is 0 Å². The number of nitrogen functional groups attached to an aromatic ring is 1. The van der Waals surface area contributed by atoms with Crippen LogP contribution in [0.5, 0.6) is 0 Å². The van der Waals surface area contributed by atoms with Crippen molar-refractivity contribution in [2.75, 3.05) is 31.0 Å². The van der Waals surface area contributed by atoms with Gasteiger partial charge in [-0.3, -0.25) is 0 Å². The van der Waals surface area contributed by atoms with Crippen LogP contribution in [0.15, 0.2) is 18.2 Å². The minimum absolute atomic E-state index is 0.654. The van der Waals surface area contributed by atoms with Gasteiger partial charge in [-0.05, 0) is 18.6 Å². The van der Waals surface area contributed by atoms with Crippen molar-refractivity contribution in [3.05, 3.63) is 18.2 Å². The first-order valence-corrected chi connectivity index (χ1v) is 4.53. The summed E-state index contributed by atoms with van der Waals surface area (Å²) in [4.78, 5) is 4.20. The van der Waals surface area contributed by atoms with Gasteiger partial charge in [0.25, 0.3) is 0 Å². The number of hydrogen-bond donors (Lipinski definition) is 3. The van der Waals surface area contributed by atoms with E-state index in [0.717, 1.165) is 25.4 Å². The molecule has 0 aromatic carbocycles. The molecule has 0 aliphatic carbocycles. The van der Waals surface area contributed by atoms with E-state index in [4.69, 9.17) is 10.6 Å². The van der Waals surface area contributed by atoms with Gasteiger partial charge >= 0.3 is 0 Å². The second kappa shape index (κ2) is 6.17. The third-order valence-corrected chi connectivity index (χ3v) is 1.73. The van der Waals surface area contributed by atoms with Gasteiger partial charge < -0.3 is 15.5 Å². The van der Waals surface area contributed by atoms with Crippen LogP contribution in [0.2, 0.25) is 0 Å². The predicted molar refractivity (Wildman–Crippen MR) is 57.0 cm³/mol. The fourth-order valence-corrected chi connectivity index (χ4v) is 1.05. The Morgan fingerprint density at radius 3 is 2.93 bits per heavy atom. The summed E-state index contributed by atoms with van der Waals surface area (Å²) >= 11 is 0. The minimum Gasteiger partial charge on any atom is -0.385 e. The number of aromatic nitrogens is 1. The summed E-state index contributed by atoms with van der Waals surface area (Å²) in [7, 11) is 1.69. The van der Waals surface area contributed by atoms with E-state index in [1.165, 1.54) is 0 Å². The van der Waals surface area contributed by atoms with Gasteiger partial charge in [0, 0.05) is 20.3 Å². The van der Waals surface area contributed by atoms with Crippen LogP contribution in [0.4, 0.5) is 11.6 Å². The first kappa shape index (κ1) is 10.7. The van der Waals surface area contributed by atoms with Crippen molar-refractivity contribution < 1.29 is 4.74 Å². The zero-order valence-corrected chi connectivity index (χ0v) is 8.29. The summed E-state index contributed by atoms with van der Waals surface area (Å²) in [6, 6.07) is 5.59. The van der Waals surface area contributed by atoms with Gasteiger partial charge in [0.05, 0.1) is 0 Å². The van der Waals surface area contributed by atoms with Crippen LogP contribution in [-0.4, -0.2) is 25.2 Å². The van der Waals surface area contributed by atoms with Gasteiger partial charge in [0.2, 0.25) is 0 Å². The number of nitrogens with two attached hydrogens (primary N) is 1. The first-order chi connectivity index (χ1) is 6.86. The fourth-order valence-electron chi connectivity index (χ4n) is 1.05. The second-order valence-electron chi connectivity index (χ2n) is 2.83. The van der Waals surface area contributed by atoms with Gasteiger partial charge in [-0.2, -0.15) is 0 Å². The highest BCUT2D eigenvalue weighted by Gasteiger charge is 1.94. The molecule has 1 heterocycles. The molecule has 5 nitrogen and oxygen atoms in total. The lowest BCUT2D eigenvalue weighted by Crippen LogP contribution is -2.10. The standard InChI is InChI=1S/C9H16N4O/c1-14-7-3-6-11-8-4-2-5-9(12-8)13-10/h2,4-5H,3,6-7,10H2,1H3,(H2,11,12,13). The lowest BCUT2D eigenvalue weighted by Gasteiger charge is -2.06. The van der Waals surface area contributed by atoms with Gasteiger partial charge in [0.15, 0.2) is 0 Å². The largest absolute Gasteiger partial charge is 0.385 e. The average molecular weight is 196 g/mol. The predicted octanol–water partition coefficient (Wildman–Crippen LogP) is 0.816. The molecule has 78 valence electrons. The number of ether oxygens (including phenoxy) is 1. The van der Waals surface area contributed by atoms with E-state index in [1.807, 2.05) is 12.1 Å². The molecule has 5 heteroatoms. The summed E-state index contributed by atoms with van der Waals surface area (Å²) in [5.41, 5.74) is 2.49. The van der Waals surface area contributed by atoms with E-state index in [1.54, 1.807) is 13.2 Å². The molecule has 0 aliphatic heterocycles. The molecule has 0 aliphatic rings. The molecule has 4 N–H and O–H groups in total. The zero-order valence-electron chi connectivity index (χ0n) is 8.29. The lowest BCUT2D eigenvalue weighted by atomic mass is 10.4. The summed E-state index contributed by atoms with van der Waals surface area (Å²) in [6.07, 6.45) is 0.957. The molecule has 0 spiro atoms. The smallest absolute Gasteiger partial charge is 0.142 e. The van der Waals surface area contributed by atoms with Gasteiger partial charge in [-0.15, -0.1) is 0 Å². The summed E-state index contributed by atoms with van der Waals surface area (Å²) in [6.45, 7) is 1.59. The molecule has 0 fully saturated rings. The third kappa shape index (κ3) is 3.59. The lowest BCUT2D eigenvalue weighted by molar-refractivity contribution is 0.198. The van der Waals surface area contributed by atoms with Crippen molar-refractivity contribution in [1.29, 1.82) is 0 Å². The molecule has 0 saturated carbocycles. The van der Waals surface area contributed by atoms with E-state index in [0.29, 0.717) is 5.82 Å². The quantitative estimate of drug-likeness (QED) is 0.357. The SMILES string of the molecule is COCCCNc1cccc(NN)n1. The molecule has 1 aromatic heterocycles. The van der Waals surface area contributed by atoms with Crippen LogP contribution in [0.1, 0.15) is 6.42 Å². The molecule has 0 saturated heterocycles. The molecule has 1 aromatic rings. The molecular formula is C9H16N4O. The zero-order chi connectivity index (χ0) is 10.2. The monoisotopic (exact) mass is 196 g/mol. The maximum Gasteiger partial charge on any atom is 0.142 e. The molecule has 0 amide bonds. The van der Waals surface area contributed by atoms with Crippen LogP contribution >= 0.6 is 0 Å². The number of nitrogens with zero attached hydrogens (tertiary/aromatic N) is 1. The minimum atomic E-state index is 0.654. The van der Waals surface area contributed by atoms with E-state index >= 15 is 0 Å². The molecule has 0 atom stereocenters. The van der Waals surface area contributed by atoms with Crippen LogP contribution in [0.25, 0.3) is 0 Å². The maximum atomic E-state index is 5.23. The summed E-state index contributed by atoms with van der Waals surface area (Å²) in [5, 5.41) is 3.17. The van der Waals surface area contributed by atoms with Crippen LogP contribution in [-0.2, 0) is 4.74 Å². The maximum absolute atomic E-state index is 5.23. The number of pyridine rings is 1. The van der Waals surface area contributed by atoms with Gasteiger partial charge in [0.1, 0.15) is 11.6 Å². The first-order valence-electron chi connectivity index (χ1n) is 4.53. The van der Waals surface area contributed by atoms with Crippen LogP contribution in [0, 0.1) is 0 Å². The Bertz CT molecular complexity index is 267. The van der Waals surface area contributed by atoms with Crippen molar-refractivity contribution in [2.45, 2.75) is 6.42 Å². The Kier molecular flexibility index (Phi) is 4.74. The van der Waals surface area contributed by atoms with Crippen LogP contribution in [0.3, 0.4) is 0 Å². The van der Waals surface area contributed by atoms with E-state index in [9.17, 15) is 0 Å². The molecule has 1 rings (SSSR count). The second-order valence-corrected chi connectivity index (χ2v) is 2.83. The van der Waals surface area contributed by atoms with E-state index in [2.05, 4.69) is 15.7 Å². The highest BCUT2D eigenvalue weighted by molar-refractivity contribution is 5.44. The normalized spacial score (nSPS) is 9.86. The van der Waals surface area contributed by atoms with Crippen molar-refractivity contribution in [1.82, 2.24) is 4.98 Å². The Morgan fingerprint density at radius 1 is 1.43 bits per heavy atom. The Hall–Kier alpha value is -1.33. The number of hydrogen-bond acceptors (Lipinski definition) is 5. The highest BCUT2D eigenvalue weighted by atomic mass is 16.5. The number of methoxy groups -OCH3 is 1. The van der Waals surface area contributed by atoms with Crippen molar-refractivity contribution >= 4 is 11.6 Å². The number of nitrogens with one attached hydrogen (secondary N) is 2. The summed E-state index contributed by atoms with van der Waals surface area (Å²) < 4.78 is 4.93. The summed E-state index contributed by atoms with van der Waals surface area (Å²) in [5.74, 6) is 6.71. The van der Waals surface area contributed by atoms with Crippen LogP contribution < -0.4 is 16.6 Å². The van der Waals surface area contributed by atoms with Crippen molar-refractivity contribution in [3.63, 3.8) is 0 Å². The van der Waals surface area contributed by atoms with Crippen molar-refractivity contribution in [2.24, 2.45) is 5.84 Å². The number of anilines is 2. The average Bonchev–Trinajstić information content (AvgIpc) is 2.25. The highest BCUT2D eigenvalue weighted by Crippen LogP contribution is 2.07. The Labute approximate surface area is 83.6 Å². The molecule has 0 radical (unpaired) electrons. The van der Waals surface area contributed by atoms with E-state index < -0.39 is 0 Å². The number of rotatable bonds is 6. The Balaban J connectivity index is 2.34. The van der Waals surface area contributed by atoms with E-state index in [-0.39, 0.29) is 0 Å². The topological polar surface area (TPSA) is 72.2 Å². The van der Waals surface area contributed by atoms with Gasteiger partial charge in [-0.1, -0.05) is 6.07 Å². The molecule has 0 unspecified atom stereocenters.